The highest BCUT2D eigenvalue weighted by molar-refractivity contribution is 5.87. The molecule has 1 aromatic carbocycles. The van der Waals surface area contributed by atoms with Gasteiger partial charge in [-0.15, -0.1) is 0 Å². The van der Waals surface area contributed by atoms with E-state index in [-0.39, 0.29) is 5.97 Å². The summed E-state index contributed by atoms with van der Waals surface area (Å²) in [6.07, 6.45) is 8.67. The molecule has 0 aliphatic heterocycles. The molecule has 0 radical (unpaired) electrons. The number of aryl methyl sites for hydroxylation is 2. The van der Waals surface area contributed by atoms with Crippen molar-refractivity contribution in [2.45, 2.75) is 59.3 Å². The zero-order valence-corrected chi connectivity index (χ0v) is 20.4. The second kappa shape index (κ2) is 11.1. The average Bonchev–Trinajstić information content (AvgIpc) is 3.29. The molecule has 0 fully saturated rings. The molecule has 0 aliphatic rings. The normalized spacial score (nSPS) is 11.1. The summed E-state index contributed by atoms with van der Waals surface area (Å²) in [5, 5.41) is 5.15. The first kappa shape index (κ1) is 23.7. The van der Waals surface area contributed by atoms with E-state index in [4.69, 9.17) is 9.84 Å². The summed E-state index contributed by atoms with van der Waals surface area (Å²) in [4.78, 5) is 16.4. The zero-order chi connectivity index (χ0) is 23.9. The number of carbonyl (C=O) groups is 1. The van der Waals surface area contributed by atoms with Crippen molar-refractivity contribution >= 4 is 11.5 Å². The Morgan fingerprint density at radius 1 is 0.941 bits per heavy atom. The predicted molar refractivity (Wildman–Crippen MR) is 137 cm³/mol. The lowest BCUT2D eigenvalue weighted by Crippen LogP contribution is -2.07. The van der Waals surface area contributed by atoms with E-state index in [0.717, 1.165) is 54.4 Å². The number of carbonyl (C=O) groups excluding carboxylic acids is 1. The Balaban J connectivity index is 1.87. The highest BCUT2D eigenvalue weighted by atomic mass is 16.5. The number of rotatable bonds is 10. The van der Waals surface area contributed by atoms with Gasteiger partial charge < -0.3 is 4.74 Å². The Hall–Kier alpha value is -3.47. The molecular weight excluding hydrogens is 422 g/mol. The van der Waals surface area contributed by atoms with Crippen LogP contribution in [0.25, 0.3) is 27.9 Å². The fraction of sp³-hybridized carbons (Fsp3) is 0.345. The number of hydrogen-bond donors (Lipinski definition) is 0. The summed E-state index contributed by atoms with van der Waals surface area (Å²) < 4.78 is 7.21. The quantitative estimate of drug-likeness (QED) is 0.203. The summed E-state index contributed by atoms with van der Waals surface area (Å²) in [6, 6.07) is 17.0. The van der Waals surface area contributed by atoms with Gasteiger partial charge in [-0.2, -0.15) is 5.10 Å². The Morgan fingerprint density at radius 2 is 1.76 bits per heavy atom. The van der Waals surface area contributed by atoms with Gasteiger partial charge in [-0.1, -0.05) is 44.2 Å². The number of benzene rings is 1. The van der Waals surface area contributed by atoms with Crippen LogP contribution in [0.4, 0.5) is 0 Å². The van der Waals surface area contributed by atoms with Crippen LogP contribution < -0.4 is 0 Å². The van der Waals surface area contributed by atoms with E-state index >= 15 is 0 Å². The summed E-state index contributed by atoms with van der Waals surface area (Å²) in [5.41, 5.74) is 9.10. The molecule has 4 aromatic rings. The van der Waals surface area contributed by atoms with Gasteiger partial charge in [0, 0.05) is 41.2 Å². The maximum atomic E-state index is 11.9. The molecule has 3 aromatic heterocycles. The number of fused-ring (bicyclic) bond motifs is 1. The van der Waals surface area contributed by atoms with Crippen molar-refractivity contribution in [3.63, 3.8) is 0 Å². The van der Waals surface area contributed by atoms with E-state index in [1.807, 2.05) is 25.4 Å². The van der Waals surface area contributed by atoms with Crippen LogP contribution in [0.3, 0.4) is 0 Å². The molecule has 0 N–H and O–H groups in total. The molecule has 5 heteroatoms. The van der Waals surface area contributed by atoms with Gasteiger partial charge >= 0.3 is 5.97 Å². The van der Waals surface area contributed by atoms with E-state index in [1.54, 1.807) is 0 Å². The Morgan fingerprint density at radius 3 is 2.50 bits per heavy atom. The third kappa shape index (κ3) is 5.04. The Bertz CT molecular complexity index is 1260. The topological polar surface area (TPSA) is 56.5 Å². The lowest BCUT2D eigenvalue weighted by molar-refractivity contribution is -0.143. The standard InChI is InChI=1S/C29H33N3O2/c1-4-21-18-23(20-30-19-21)28-25(14-10-11-15-27(33)34-6-3)29(22-12-8-7-9-13-22)31-32-24(5-2)16-17-26(28)32/h7-9,12-13,16-20H,4-6,10-11,14-15H2,1-3H3. The SMILES string of the molecule is CCOC(=O)CCCCc1c(-c2ccccc2)nn2c(CC)ccc2c1-c1cncc(CC)c1. The molecule has 0 aliphatic carbocycles. The number of aromatic nitrogens is 3. The first-order valence-electron chi connectivity index (χ1n) is 12.3. The highest BCUT2D eigenvalue weighted by Gasteiger charge is 2.20. The number of esters is 1. The molecule has 0 atom stereocenters. The Kier molecular flexibility index (Phi) is 7.73. The maximum Gasteiger partial charge on any atom is 0.305 e. The fourth-order valence-electron chi connectivity index (χ4n) is 4.49. The van der Waals surface area contributed by atoms with E-state index in [9.17, 15) is 4.79 Å². The number of hydrogen-bond acceptors (Lipinski definition) is 4. The summed E-state index contributed by atoms with van der Waals surface area (Å²) in [6.45, 7) is 6.59. The van der Waals surface area contributed by atoms with Crippen LogP contribution in [0, 0.1) is 0 Å². The molecule has 4 rings (SSSR count). The van der Waals surface area contributed by atoms with Crippen LogP contribution in [0.15, 0.2) is 60.9 Å². The first-order chi connectivity index (χ1) is 16.7. The van der Waals surface area contributed by atoms with Crippen LogP contribution in [-0.4, -0.2) is 27.2 Å². The molecule has 0 amide bonds. The molecule has 0 spiro atoms. The van der Waals surface area contributed by atoms with E-state index in [0.29, 0.717) is 13.0 Å². The number of pyridine rings is 1. The largest absolute Gasteiger partial charge is 0.466 e. The van der Waals surface area contributed by atoms with Gasteiger partial charge in [0.05, 0.1) is 17.8 Å². The van der Waals surface area contributed by atoms with Gasteiger partial charge in [0.25, 0.3) is 0 Å². The van der Waals surface area contributed by atoms with Gasteiger partial charge in [-0.25, -0.2) is 4.52 Å². The van der Waals surface area contributed by atoms with E-state index in [2.05, 4.69) is 65.8 Å². The number of unbranched alkanes of at least 4 members (excludes halogenated alkanes) is 1. The molecule has 0 unspecified atom stereocenters. The minimum Gasteiger partial charge on any atom is -0.466 e. The third-order valence-corrected chi connectivity index (χ3v) is 6.24. The van der Waals surface area contributed by atoms with Crippen LogP contribution in [0.1, 0.15) is 56.9 Å². The van der Waals surface area contributed by atoms with Crippen molar-refractivity contribution in [3.8, 4) is 22.4 Å². The lowest BCUT2D eigenvalue weighted by atomic mass is 9.92. The van der Waals surface area contributed by atoms with Crippen LogP contribution in [0.2, 0.25) is 0 Å². The van der Waals surface area contributed by atoms with Crippen molar-refractivity contribution in [1.82, 2.24) is 14.6 Å². The highest BCUT2D eigenvalue weighted by Crippen LogP contribution is 2.36. The molecule has 3 heterocycles. The van der Waals surface area contributed by atoms with Crippen molar-refractivity contribution in [2.75, 3.05) is 6.61 Å². The summed E-state index contributed by atoms with van der Waals surface area (Å²) in [5.74, 6) is -0.126. The number of nitrogens with zero attached hydrogens (tertiary/aromatic N) is 3. The zero-order valence-electron chi connectivity index (χ0n) is 20.4. The number of ether oxygens (including phenoxy) is 1. The van der Waals surface area contributed by atoms with Gasteiger partial charge in [0.1, 0.15) is 0 Å². The smallest absolute Gasteiger partial charge is 0.305 e. The minimum atomic E-state index is -0.126. The first-order valence-corrected chi connectivity index (χ1v) is 12.3. The van der Waals surface area contributed by atoms with Crippen molar-refractivity contribution in [2.24, 2.45) is 0 Å². The van der Waals surface area contributed by atoms with Gasteiger partial charge in [-0.05, 0) is 68.4 Å². The molecule has 5 nitrogen and oxygen atoms in total. The summed E-state index contributed by atoms with van der Waals surface area (Å²) in [7, 11) is 0. The molecule has 0 saturated heterocycles. The second-order valence-corrected chi connectivity index (χ2v) is 8.49. The molecule has 0 bridgehead atoms. The maximum absolute atomic E-state index is 11.9. The molecule has 0 saturated carbocycles. The van der Waals surface area contributed by atoms with Crippen molar-refractivity contribution in [3.05, 3.63) is 77.7 Å². The predicted octanol–water partition coefficient (Wildman–Crippen LogP) is 6.46. The van der Waals surface area contributed by atoms with Crippen LogP contribution >= 0.6 is 0 Å². The van der Waals surface area contributed by atoms with Crippen molar-refractivity contribution in [1.29, 1.82) is 0 Å². The molecular formula is C29H33N3O2. The monoisotopic (exact) mass is 455 g/mol. The fourth-order valence-corrected chi connectivity index (χ4v) is 4.49. The average molecular weight is 456 g/mol. The van der Waals surface area contributed by atoms with Gasteiger partial charge in [-0.3, -0.25) is 9.78 Å². The Labute approximate surface area is 201 Å². The van der Waals surface area contributed by atoms with Gasteiger partial charge in [0.2, 0.25) is 0 Å². The summed E-state index contributed by atoms with van der Waals surface area (Å²) >= 11 is 0. The lowest BCUT2D eigenvalue weighted by Gasteiger charge is -2.18. The second-order valence-electron chi connectivity index (χ2n) is 8.49. The van der Waals surface area contributed by atoms with E-state index < -0.39 is 0 Å². The minimum absolute atomic E-state index is 0.126. The molecule has 176 valence electrons. The third-order valence-electron chi connectivity index (χ3n) is 6.24. The van der Waals surface area contributed by atoms with Crippen LogP contribution in [0.5, 0.6) is 0 Å². The van der Waals surface area contributed by atoms with Gasteiger partial charge in [0.15, 0.2) is 0 Å². The van der Waals surface area contributed by atoms with Crippen molar-refractivity contribution < 1.29 is 9.53 Å². The van der Waals surface area contributed by atoms with E-state index in [1.165, 1.54) is 22.4 Å². The molecule has 34 heavy (non-hydrogen) atoms. The van der Waals surface area contributed by atoms with Crippen LogP contribution in [-0.2, 0) is 28.8 Å².